The van der Waals surface area contributed by atoms with Crippen LogP contribution in [0.4, 0.5) is 13.2 Å². The van der Waals surface area contributed by atoms with Gasteiger partial charge in [-0.2, -0.15) is 13.2 Å². The summed E-state index contributed by atoms with van der Waals surface area (Å²) in [6, 6.07) is 8.98. The van der Waals surface area contributed by atoms with E-state index in [2.05, 4.69) is 5.32 Å². The second kappa shape index (κ2) is 7.79. The van der Waals surface area contributed by atoms with E-state index in [9.17, 15) is 22.8 Å². The van der Waals surface area contributed by atoms with Gasteiger partial charge in [-0.15, -0.1) is 0 Å². The Morgan fingerprint density at radius 2 is 1.89 bits per heavy atom. The molecule has 9 heteroatoms. The summed E-state index contributed by atoms with van der Waals surface area (Å²) in [5, 5.41) is 2.59. The molecule has 0 aliphatic carbocycles. The first kappa shape index (κ1) is 19.5. The van der Waals surface area contributed by atoms with Crippen molar-refractivity contribution in [3.05, 3.63) is 59.2 Å². The zero-order chi connectivity index (χ0) is 20.3. The molecule has 3 rings (SSSR count). The van der Waals surface area contributed by atoms with Gasteiger partial charge in [0.15, 0.2) is 17.6 Å². The minimum atomic E-state index is -4.58. The Labute approximate surface area is 158 Å². The molecule has 0 radical (unpaired) electrons. The molecule has 0 spiro atoms. The van der Waals surface area contributed by atoms with Crippen LogP contribution in [0.15, 0.2) is 42.5 Å². The first-order valence-corrected chi connectivity index (χ1v) is 8.28. The molecule has 1 atom stereocenters. The maximum Gasteiger partial charge on any atom is 0.416 e. The van der Waals surface area contributed by atoms with Crippen LogP contribution in [0.2, 0.25) is 0 Å². The van der Waals surface area contributed by atoms with Gasteiger partial charge in [0.2, 0.25) is 6.79 Å². The van der Waals surface area contributed by atoms with Crippen LogP contribution in [-0.2, 0) is 22.3 Å². The highest BCUT2D eigenvalue weighted by Crippen LogP contribution is 2.32. The van der Waals surface area contributed by atoms with Crippen LogP contribution in [0.5, 0.6) is 11.5 Å². The van der Waals surface area contributed by atoms with E-state index in [1.54, 1.807) is 18.2 Å². The van der Waals surface area contributed by atoms with Gasteiger partial charge in [-0.05, 0) is 42.8 Å². The fraction of sp³-hybridized carbons (Fsp3) is 0.263. The van der Waals surface area contributed by atoms with E-state index >= 15 is 0 Å². The highest BCUT2D eigenvalue weighted by atomic mass is 19.4. The van der Waals surface area contributed by atoms with Crippen molar-refractivity contribution in [2.24, 2.45) is 0 Å². The number of carbonyl (C=O) groups excluding carboxylic acids is 2. The number of fused-ring (bicyclic) bond motifs is 1. The fourth-order valence-electron chi connectivity index (χ4n) is 2.49. The Morgan fingerprint density at radius 1 is 1.14 bits per heavy atom. The van der Waals surface area contributed by atoms with E-state index in [0.717, 1.165) is 17.7 Å². The van der Waals surface area contributed by atoms with E-state index in [1.807, 2.05) is 0 Å². The Balaban J connectivity index is 1.56. The summed E-state index contributed by atoms with van der Waals surface area (Å²) in [5.74, 6) is -0.427. The molecule has 2 aromatic rings. The van der Waals surface area contributed by atoms with Crippen molar-refractivity contribution in [1.29, 1.82) is 0 Å². The third kappa shape index (κ3) is 4.54. The van der Waals surface area contributed by atoms with Gasteiger partial charge in [0, 0.05) is 6.54 Å². The number of ether oxygens (including phenoxy) is 3. The zero-order valence-corrected chi connectivity index (χ0v) is 14.7. The maximum absolute atomic E-state index is 12.7. The summed E-state index contributed by atoms with van der Waals surface area (Å²) >= 11 is 0. The van der Waals surface area contributed by atoms with E-state index < -0.39 is 29.7 Å². The molecule has 6 nitrogen and oxygen atoms in total. The quantitative estimate of drug-likeness (QED) is 0.787. The Hall–Kier alpha value is -3.23. The predicted molar refractivity (Wildman–Crippen MR) is 90.7 cm³/mol. The number of benzene rings is 2. The van der Waals surface area contributed by atoms with Crippen molar-refractivity contribution >= 4 is 11.9 Å². The summed E-state index contributed by atoms with van der Waals surface area (Å²) in [5.41, 5.74) is -0.513. The van der Waals surface area contributed by atoms with Crippen molar-refractivity contribution in [2.45, 2.75) is 25.7 Å². The number of rotatable bonds is 5. The number of alkyl halides is 3. The monoisotopic (exact) mass is 395 g/mol. The first-order chi connectivity index (χ1) is 13.2. The molecule has 1 amide bonds. The predicted octanol–water partition coefficient (Wildman–Crippen LogP) is 3.30. The average molecular weight is 395 g/mol. The number of hydrogen-bond donors (Lipinski definition) is 1. The molecule has 2 aromatic carbocycles. The summed E-state index contributed by atoms with van der Waals surface area (Å²) in [6.07, 6.45) is -5.76. The fourth-order valence-corrected chi connectivity index (χ4v) is 2.49. The standard InChI is InChI=1S/C19H16F3NO5/c1-11(28-18(25)13-3-2-4-14(8-13)19(20,21)22)17(24)23-9-12-5-6-15-16(7-12)27-10-26-15/h2-8,11H,9-10H2,1H3,(H,23,24)/t11-/m1/s1. The number of esters is 1. The molecular formula is C19H16F3NO5. The normalized spacial score (nSPS) is 13.7. The van der Waals surface area contributed by atoms with Gasteiger partial charge >= 0.3 is 12.1 Å². The van der Waals surface area contributed by atoms with E-state index in [0.29, 0.717) is 17.6 Å². The zero-order valence-electron chi connectivity index (χ0n) is 14.7. The summed E-state index contributed by atoms with van der Waals surface area (Å²) in [6.45, 7) is 1.62. The van der Waals surface area contributed by atoms with Gasteiger partial charge in [-0.25, -0.2) is 4.79 Å². The van der Waals surface area contributed by atoms with Crippen LogP contribution in [0, 0.1) is 0 Å². The van der Waals surface area contributed by atoms with Gasteiger partial charge < -0.3 is 19.5 Å². The molecule has 0 unspecified atom stereocenters. The molecule has 0 bridgehead atoms. The summed E-state index contributed by atoms with van der Waals surface area (Å²) in [4.78, 5) is 24.2. The lowest BCUT2D eigenvalue weighted by molar-refractivity contribution is -0.137. The summed E-state index contributed by atoms with van der Waals surface area (Å²) in [7, 11) is 0. The van der Waals surface area contributed by atoms with E-state index in [4.69, 9.17) is 14.2 Å². The smallest absolute Gasteiger partial charge is 0.416 e. The van der Waals surface area contributed by atoms with Crippen LogP contribution in [0.3, 0.4) is 0 Å². The molecule has 0 aromatic heterocycles. The van der Waals surface area contributed by atoms with Crippen molar-refractivity contribution < 1.29 is 37.0 Å². The number of halogens is 3. The Morgan fingerprint density at radius 3 is 2.64 bits per heavy atom. The molecule has 0 fully saturated rings. The van der Waals surface area contributed by atoms with E-state index in [-0.39, 0.29) is 18.9 Å². The summed E-state index contributed by atoms with van der Waals surface area (Å²) < 4.78 is 53.6. The highest BCUT2D eigenvalue weighted by Gasteiger charge is 2.31. The van der Waals surface area contributed by atoms with E-state index in [1.165, 1.54) is 13.0 Å². The molecular weight excluding hydrogens is 379 g/mol. The Kier molecular flexibility index (Phi) is 5.43. The minimum absolute atomic E-state index is 0.133. The first-order valence-electron chi connectivity index (χ1n) is 8.28. The van der Waals surface area contributed by atoms with Crippen LogP contribution in [0.25, 0.3) is 0 Å². The lowest BCUT2D eigenvalue weighted by Gasteiger charge is -2.14. The van der Waals surface area contributed by atoms with Gasteiger partial charge in [0.25, 0.3) is 5.91 Å². The van der Waals surface area contributed by atoms with Gasteiger partial charge in [-0.1, -0.05) is 12.1 Å². The molecule has 28 heavy (non-hydrogen) atoms. The highest BCUT2D eigenvalue weighted by molar-refractivity contribution is 5.92. The molecule has 1 N–H and O–H groups in total. The van der Waals surface area contributed by atoms with Gasteiger partial charge in [0.05, 0.1) is 11.1 Å². The number of carbonyl (C=O) groups is 2. The molecule has 0 saturated carbocycles. The molecule has 1 aliphatic rings. The van der Waals surface area contributed by atoms with Gasteiger partial charge in [-0.3, -0.25) is 4.79 Å². The maximum atomic E-state index is 12.7. The lowest BCUT2D eigenvalue weighted by Crippen LogP contribution is -2.35. The second-order valence-electron chi connectivity index (χ2n) is 6.03. The van der Waals surface area contributed by atoms with Crippen LogP contribution >= 0.6 is 0 Å². The SMILES string of the molecule is C[C@@H](OC(=O)c1cccc(C(F)(F)F)c1)C(=O)NCc1ccc2c(c1)OCO2. The van der Waals surface area contributed by atoms with Crippen LogP contribution in [-0.4, -0.2) is 24.8 Å². The topological polar surface area (TPSA) is 73.9 Å². The molecule has 1 aliphatic heterocycles. The van der Waals surface area contributed by atoms with Crippen molar-refractivity contribution in [2.75, 3.05) is 6.79 Å². The van der Waals surface area contributed by atoms with Crippen LogP contribution < -0.4 is 14.8 Å². The van der Waals surface area contributed by atoms with Crippen molar-refractivity contribution in [3.63, 3.8) is 0 Å². The molecule has 0 saturated heterocycles. The number of hydrogen-bond acceptors (Lipinski definition) is 5. The lowest BCUT2D eigenvalue weighted by atomic mass is 10.1. The van der Waals surface area contributed by atoms with Crippen LogP contribution in [0.1, 0.15) is 28.4 Å². The van der Waals surface area contributed by atoms with Crippen molar-refractivity contribution in [3.8, 4) is 11.5 Å². The number of amides is 1. The van der Waals surface area contributed by atoms with Crippen molar-refractivity contribution in [1.82, 2.24) is 5.32 Å². The number of nitrogens with one attached hydrogen (secondary N) is 1. The third-order valence-corrected chi connectivity index (χ3v) is 3.98. The average Bonchev–Trinajstić information content (AvgIpc) is 3.13. The molecule has 1 heterocycles. The second-order valence-corrected chi connectivity index (χ2v) is 6.03. The Bertz CT molecular complexity index is 897. The largest absolute Gasteiger partial charge is 0.454 e. The van der Waals surface area contributed by atoms with Gasteiger partial charge in [0.1, 0.15) is 0 Å². The third-order valence-electron chi connectivity index (χ3n) is 3.98. The molecule has 148 valence electrons. The minimum Gasteiger partial charge on any atom is -0.454 e.